The lowest BCUT2D eigenvalue weighted by atomic mass is 10.1. The van der Waals surface area contributed by atoms with Crippen molar-refractivity contribution in [3.63, 3.8) is 0 Å². The van der Waals surface area contributed by atoms with E-state index >= 15 is 0 Å². The van der Waals surface area contributed by atoms with Gasteiger partial charge in [-0.1, -0.05) is 24.3 Å². The Morgan fingerprint density at radius 2 is 2.24 bits per heavy atom. The number of thioether (sulfide) groups is 1. The first-order valence-corrected chi connectivity index (χ1v) is 7.23. The van der Waals surface area contributed by atoms with Gasteiger partial charge in [0.05, 0.1) is 6.07 Å². The van der Waals surface area contributed by atoms with Crippen LogP contribution in [0.15, 0.2) is 24.3 Å². The van der Waals surface area contributed by atoms with E-state index in [1.807, 2.05) is 11.8 Å². The van der Waals surface area contributed by atoms with Crippen LogP contribution in [0.1, 0.15) is 24.0 Å². The number of aryl methyl sites for hydroxylation is 1. The first kappa shape index (κ1) is 12.5. The third kappa shape index (κ3) is 4.07. The van der Waals surface area contributed by atoms with Gasteiger partial charge in [0.25, 0.3) is 0 Å². The minimum atomic E-state index is 0.0107. The molecular formula is C14H18N2S. The van der Waals surface area contributed by atoms with Gasteiger partial charge >= 0.3 is 0 Å². The molecule has 0 aliphatic heterocycles. The highest BCUT2D eigenvalue weighted by Crippen LogP contribution is 2.21. The van der Waals surface area contributed by atoms with Gasteiger partial charge in [-0.15, -0.1) is 0 Å². The average Bonchev–Trinajstić information content (AvgIpc) is 3.14. The lowest BCUT2D eigenvalue weighted by molar-refractivity contribution is 0.644. The van der Waals surface area contributed by atoms with E-state index in [2.05, 4.69) is 42.6 Å². The summed E-state index contributed by atoms with van der Waals surface area (Å²) in [7, 11) is 0. The Morgan fingerprint density at radius 1 is 1.47 bits per heavy atom. The molecule has 0 spiro atoms. The van der Waals surface area contributed by atoms with Crippen LogP contribution in [0.25, 0.3) is 0 Å². The van der Waals surface area contributed by atoms with E-state index in [9.17, 15) is 0 Å². The molecule has 1 atom stereocenters. The first-order chi connectivity index (χ1) is 8.29. The summed E-state index contributed by atoms with van der Waals surface area (Å²) in [5.74, 6) is 1.87. The van der Waals surface area contributed by atoms with Gasteiger partial charge in [-0.2, -0.15) is 17.0 Å². The van der Waals surface area contributed by atoms with Crippen LogP contribution in [0.2, 0.25) is 0 Å². The van der Waals surface area contributed by atoms with E-state index in [-0.39, 0.29) is 6.04 Å². The molecule has 0 amide bonds. The Bertz CT molecular complexity index is 407. The Balaban J connectivity index is 1.74. The monoisotopic (exact) mass is 246 g/mol. The van der Waals surface area contributed by atoms with Crippen molar-refractivity contribution in [1.29, 1.82) is 5.26 Å². The Morgan fingerprint density at radius 3 is 2.88 bits per heavy atom. The molecule has 1 unspecified atom stereocenters. The van der Waals surface area contributed by atoms with Gasteiger partial charge in [0.15, 0.2) is 0 Å². The van der Waals surface area contributed by atoms with Crippen molar-refractivity contribution >= 4 is 11.8 Å². The summed E-state index contributed by atoms with van der Waals surface area (Å²) in [6.45, 7) is 2.14. The first-order valence-electron chi connectivity index (χ1n) is 6.07. The van der Waals surface area contributed by atoms with Crippen molar-refractivity contribution < 1.29 is 0 Å². The number of benzene rings is 1. The third-order valence-corrected chi connectivity index (χ3v) is 4.06. The van der Waals surface area contributed by atoms with Crippen LogP contribution in [0.4, 0.5) is 0 Å². The third-order valence-electron chi connectivity index (χ3n) is 2.97. The minimum absolute atomic E-state index is 0.0107. The minimum Gasteiger partial charge on any atom is -0.298 e. The number of nitriles is 1. The molecule has 90 valence electrons. The van der Waals surface area contributed by atoms with E-state index in [0.717, 1.165) is 11.5 Å². The molecule has 1 aliphatic carbocycles. The maximum absolute atomic E-state index is 9.03. The topological polar surface area (TPSA) is 35.8 Å². The maximum Gasteiger partial charge on any atom is 0.105 e. The van der Waals surface area contributed by atoms with E-state index in [1.54, 1.807) is 0 Å². The number of hydrogen-bond donors (Lipinski definition) is 1. The van der Waals surface area contributed by atoms with Gasteiger partial charge in [0, 0.05) is 17.5 Å². The Hall–Kier alpha value is -0.980. The highest BCUT2D eigenvalue weighted by Gasteiger charge is 2.24. The van der Waals surface area contributed by atoms with E-state index in [1.165, 1.54) is 24.0 Å². The zero-order valence-electron chi connectivity index (χ0n) is 10.1. The van der Waals surface area contributed by atoms with Crippen LogP contribution in [-0.4, -0.2) is 17.8 Å². The van der Waals surface area contributed by atoms with Crippen LogP contribution < -0.4 is 5.32 Å². The van der Waals surface area contributed by atoms with Crippen LogP contribution >= 0.6 is 11.8 Å². The molecule has 2 rings (SSSR count). The number of hydrogen-bond acceptors (Lipinski definition) is 3. The molecule has 0 saturated heterocycles. The van der Waals surface area contributed by atoms with Crippen molar-refractivity contribution in [2.45, 2.75) is 37.6 Å². The molecule has 0 heterocycles. The zero-order chi connectivity index (χ0) is 12.1. The molecule has 0 bridgehead atoms. The summed E-state index contributed by atoms with van der Waals surface area (Å²) in [6.07, 6.45) is 2.47. The summed E-state index contributed by atoms with van der Waals surface area (Å²) in [5, 5.41) is 12.4. The van der Waals surface area contributed by atoms with Crippen molar-refractivity contribution in [3.8, 4) is 6.07 Å². The van der Waals surface area contributed by atoms with Gasteiger partial charge in [-0.25, -0.2) is 0 Å². The average molecular weight is 246 g/mol. The molecule has 1 fully saturated rings. The number of nitrogens with zero attached hydrogens (tertiary/aromatic N) is 1. The van der Waals surface area contributed by atoms with Gasteiger partial charge in [0.1, 0.15) is 6.04 Å². The van der Waals surface area contributed by atoms with Crippen molar-refractivity contribution in [2.75, 3.05) is 5.75 Å². The Labute approximate surface area is 107 Å². The molecule has 1 aromatic carbocycles. The summed E-state index contributed by atoms with van der Waals surface area (Å²) in [4.78, 5) is 0. The molecule has 1 N–H and O–H groups in total. The van der Waals surface area contributed by atoms with Gasteiger partial charge in [-0.05, 0) is 30.9 Å². The standard InChI is InChI=1S/C14H18N2S/c1-11-4-2-3-5-12(11)9-17-10-14(8-15)16-13-6-7-13/h2-5,13-14,16H,6-7,9-10H2,1H3. The second-order valence-corrected chi connectivity index (χ2v) is 5.59. The molecule has 17 heavy (non-hydrogen) atoms. The molecule has 3 heteroatoms. The van der Waals surface area contributed by atoms with E-state index in [4.69, 9.17) is 5.26 Å². The maximum atomic E-state index is 9.03. The van der Waals surface area contributed by atoms with Crippen LogP contribution in [0.3, 0.4) is 0 Å². The number of nitrogens with one attached hydrogen (secondary N) is 1. The van der Waals surface area contributed by atoms with Gasteiger partial charge in [-0.3, -0.25) is 5.32 Å². The van der Waals surface area contributed by atoms with Crippen molar-refractivity contribution in [2.24, 2.45) is 0 Å². The molecule has 2 nitrogen and oxygen atoms in total. The second kappa shape index (κ2) is 6.09. The quantitative estimate of drug-likeness (QED) is 0.838. The van der Waals surface area contributed by atoms with E-state index < -0.39 is 0 Å². The van der Waals surface area contributed by atoms with Gasteiger partial charge < -0.3 is 0 Å². The van der Waals surface area contributed by atoms with Gasteiger partial charge in [0.2, 0.25) is 0 Å². The highest BCUT2D eigenvalue weighted by molar-refractivity contribution is 7.98. The number of rotatable bonds is 6. The van der Waals surface area contributed by atoms with Crippen LogP contribution in [-0.2, 0) is 5.75 Å². The fraction of sp³-hybridized carbons (Fsp3) is 0.500. The molecule has 1 saturated carbocycles. The second-order valence-electron chi connectivity index (χ2n) is 4.56. The van der Waals surface area contributed by atoms with Crippen molar-refractivity contribution in [1.82, 2.24) is 5.32 Å². The summed E-state index contributed by atoms with van der Waals surface area (Å²) >= 11 is 1.84. The summed E-state index contributed by atoms with van der Waals surface area (Å²) in [5.41, 5.74) is 2.71. The SMILES string of the molecule is Cc1ccccc1CSCC(C#N)NC1CC1. The molecule has 0 radical (unpaired) electrons. The molecule has 1 aliphatic rings. The van der Waals surface area contributed by atoms with Crippen molar-refractivity contribution in [3.05, 3.63) is 35.4 Å². The fourth-order valence-corrected chi connectivity index (χ4v) is 2.78. The summed E-state index contributed by atoms with van der Waals surface area (Å²) < 4.78 is 0. The van der Waals surface area contributed by atoms with Crippen LogP contribution in [0, 0.1) is 18.3 Å². The smallest absolute Gasteiger partial charge is 0.105 e. The molecule has 1 aromatic rings. The molecule has 0 aromatic heterocycles. The largest absolute Gasteiger partial charge is 0.298 e. The van der Waals surface area contributed by atoms with Crippen LogP contribution in [0.5, 0.6) is 0 Å². The predicted octanol–water partition coefficient (Wildman–Crippen LogP) is 2.87. The Kier molecular flexibility index (Phi) is 4.47. The lowest BCUT2D eigenvalue weighted by Crippen LogP contribution is -2.31. The predicted molar refractivity (Wildman–Crippen MR) is 72.9 cm³/mol. The molecular weight excluding hydrogens is 228 g/mol. The highest BCUT2D eigenvalue weighted by atomic mass is 32.2. The lowest BCUT2D eigenvalue weighted by Gasteiger charge is -2.10. The normalized spacial score (nSPS) is 16.5. The fourth-order valence-electron chi connectivity index (χ4n) is 1.72. The van der Waals surface area contributed by atoms with E-state index in [0.29, 0.717) is 6.04 Å². The summed E-state index contributed by atoms with van der Waals surface area (Å²) in [6, 6.07) is 11.4. The zero-order valence-corrected chi connectivity index (χ0v) is 11.0.